The molecule has 0 saturated heterocycles. The third-order valence-corrected chi connectivity index (χ3v) is 5.37. The molecule has 1 aromatic heterocycles. The summed E-state index contributed by atoms with van der Waals surface area (Å²) in [5, 5.41) is 9.03. The zero-order valence-corrected chi connectivity index (χ0v) is 15.9. The highest BCUT2D eigenvalue weighted by atomic mass is 32.2. The third kappa shape index (κ3) is 4.41. The molecule has 8 nitrogen and oxygen atoms in total. The number of aromatic nitrogens is 3. The number of anilines is 1. The Bertz CT molecular complexity index is 1080. The second kappa shape index (κ2) is 7.87. The Hall–Kier alpha value is -3.11. The lowest BCUT2D eigenvalue weighted by Crippen LogP contribution is -2.30. The van der Waals surface area contributed by atoms with Crippen LogP contribution in [0.15, 0.2) is 53.7 Å². The maximum absolute atomic E-state index is 14.1. The first-order valence-electron chi connectivity index (χ1n) is 8.35. The topological polar surface area (TPSA) is 117 Å². The quantitative estimate of drug-likeness (QED) is 0.585. The molecule has 2 aromatic carbocycles. The maximum atomic E-state index is 14.1. The molecule has 28 heavy (non-hydrogen) atoms. The highest BCUT2D eigenvalue weighted by molar-refractivity contribution is 7.89. The van der Waals surface area contributed by atoms with Crippen molar-refractivity contribution in [3.05, 3.63) is 60.2 Å². The van der Waals surface area contributed by atoms with Gasteiger partial charge in [0.25, 0.3) is 5.91 Å². The van der Waals surface area contributed by atoms with Crippen LogP contribution in [0.25, 0.3) is 11.4 Å². The Labute approximate surface area is 161 Å². The molecule has 0 aliphatic heterocycles. The van der Waals surface area contributed by atoms with Gasteiger partial charge in [0, 0.05) is 17.3 Å². The Kier molecular flexibility index (Phi) is 5.52. The molecule has 0 aliphatic carbocycles. The molecule has 0 spiro atoms. The van der Waals surface area contributed by atoms with Gasteiger partial charge in [-0.15, -0.1) is 0 Å². The smallest absolute Gasteiger partial charge is 0.258 e. The van der Waals surface area contributed by atoms with Crippen molar-refractivity contribution in [2.45, 2.75) is 24.8 Å². The van der Waals surface area contributed by atoms with Crippen molar-refractivity contribution >= 4 is 21.6 Å². The molecule has 0 unspecified atom stereocenters. The number of carbonyl (C=O) groups excluding carboxylic acids is 1. The zero-order chi connectivity index (χ0) is 20.3. The van der Waals surface area contributed by atoms with Gasteiger partial charge in [-0.2, -0.15) is 5.10 Å². The van der Waals surface area contributed by atoms with Gasteiger partial charge in [-0.25, -0.2) is 22.5 Å². The molecule has 0 atom stereocenters. The fourth-order valence-corrected chi connectivity index (χ4v) is 3.76. The maximum Gasteiger partial charge on any atom is 0.258 e. The summed E-state index contributed by atoms with van der Waals surface area (Å²) in [5.41, 5.74) is 0.807. The van der Waals surface area contributed by atoms with E-state index in [0.717, 1.165) is 23.8 Å². The molecule has 0 radical (unpaired) electrons. The van der Waals surface area contributed by atoms with Crippen LogP contribution in [0.3, 0.4) is 0 Å². The first-order chi connectivity index (χ1) is 13.3. The molecule has 0 fully saturated rings. The summed E-state index contributed by atoms with van der Waals surface area (Å²) >= 11 is 0. The minimum Gasteiger partial charge on any atom is -0.322 e. The van der Waals surface area contributed by atoms with E-state index in [9.17, 15) is 17.6 Å². The number of rotatable bonds is 6. The summed E-state index contributed by atoms with van der Waals surface area (Å²) in [7, 11) is -3.85. The lowest BCUT2D eigenvalue weighted by Gasteiger charge is -2.11. The molecule has 0 bridgehead atoms. The largest absolute Gasteiger partial charge is 0.322 e. The van der Waals surface area contributed by atoms with Gasteiger partial charge in [-0.1, -0.05) is 0 Å². The van der Waals surface area contributed by atoms with E-state index in [4.69, 9.17) is 0 Å². The number of amides is 1. The minimum absolute atomic E-state index is 0.187. The lowest BCUT2D eigenvalue weighted by atomic mass is 10.1. The van der Waals surface area contributed by atoms with Crippen molar-refractivity contribution in [1.29, 1.82) is 0 Å². The fraction of sp³-hybridized carbons (Fsp3) is 0.167. The van der Waals surface area contributed by atoms with Crippen LogP contribution < -0.4 is 10.0 Å². The highest BCUT2D eigenvalue weighted by Gasteiger charge is 2.20. The van der Waals surface area contributed by atoms with Gasteiger partial charge in [0.05, 0.1) is 10.5 Å². The molecular formula is C18H18FN5O3S. The van der Waals surface area contributed by atoms with Crippen molar-refractivity contribution in [2.24, 2.45) is 0 Å². The van der Waals surface area contributed by atoms with Crippen LogP contribution in [0, 0.1) is 5.82 Å². The first kappa shape index (κ1) is 19.6. The van der Waals surface area contributed by atoms with Gasteiger partial charge in [-0.05, 0) is 56.3 Å². The second-order valence-corrected chi connectivity index (χ2v) is 8.00. The first-order valence-corrected chi connectivity index (χ1v) is 9.83. The van der Waals surface area contributed by atoms with E-state index in [1.54, 1.807) is 38.1 Å². The number of nitrogens with one attached hydrogen (secondary N) is 3. The highest BCUT2D eigenvalue weighted by Crippen LogP contribution is 2.20. The summed E-state index contributed by atoms with van der Waals surface area (Å²) < 4.78 is 41.0. The molecular weight excluding hydrogens is 385 g/mol. The molecule has 10 heteroatoms. The number of H-pyrrole nitrogens is 1. The molecule has 146 valence electrons. The number of aromatic amines is 1. The van der Waals surface area contributed by atoms with Crippen LogP contribution in [-0.2, 0) is 10.0 Å². The molecule has 3 rings (SSSR count). The predicted molar refractivity (Wildman–Crippen MR) is 102 cm³/mol. The fourth-order valence-electron chi connectivity index (χ4n) is 2.48. The molecule has 1 heterocycles. The van der Waals surface area contributed by atoms with Gasteiger partial charge in [0.15, 0.2) is 5.82 Å². The summed E-state index contributed by atoms with van der Waals surface area (Å²) in [6, 6.07) is 9.40. The van der Waals surface area contributed by atoms with Crippen LogP contribution >= 0.6 is 0 Å². The van der Waals surface area contributed by atoms with Crippen LogP contribution in [0.1, 0.15) is 24.2 Å². The number of hydrogen-bond acceptors (Lipinski definition) is 5. The minimum atomic E-state index is -3.85. The van der Waals surface area contributed by atoms with E-state index in [1.807, 2.05) is 0 Å². The molecule has 3 N–H and O–H groups in total. The summed E-state index contributed by atoms with van der Waals surface area (Å²) in [6.45, 7) is 3.33. The predicted octanol–water partition coefficient (Wildman–Crippen LogP) is 2.55. The van der Waals surface area contributed by atoms with E-state index in [1.165, 1.54) is 6.33 Å². The van der Waals surface area contributed by atoms with Crippen molar-refractivity contribution < 1.29 is 17.6 Å². The van der Waals surface area contributed by atoms with E-state index in [-0.39, 0.29) is 16.5 Å². The van der Waals surface area contributed by atoms with Crippen LogP contribution in [0.5, 0.6) is 0 Å². The van der Waals surface area contributed by atoms with Crippen LogP contribution in [-0.4, -0.2) is 35.5 Å². The average molecular weight is 403 g/mol. The Morgan fingerprint density at radius 2 is 1.86 bits per heavy atom. The van der Waals surface area contributed by atoms with Crippen molar-refractivity contribution in [3.63, 3.8) is 0 Å². The monoisotopic (exact) mass is 403 g/mol. The van der Waals surface area contributed by atoms with Gasteiger partial charge in [0.1, 0.15) is 12.1 Å². The summed E-state index contributed by atoms with van der Waals surface area (Å²) in [5.74, 6) is -1.01. The van der Waals surface area contributed by atoms with E-state index >= 15 is 0 Å². The Morgan fingerprint density at radius 3 is 2.46 bits per heavy atom. The van der Waals surface area contributed by atoms with E-state index in [2.05, 4.69) is 25.2 Å². The molecule has 0 aliphatic rings. The number of nitrogens with zero attached hydrogens (tertiary/aromatic N) is 2. The normalized spacial score (nSPS) is 11.6. The second-order valence-electron chi connectivity index (χ2n) is 6.28. The van der Waals surface area contributed by atoms with Crippen LogP contribution in [0.2, 0.25) is 0 Å². The summed E-state index contributed by atoms with van der Waals surface area (Å²) in [4.78, 5) is 16.3. The van der Waals surface area contributed by atoms with Crippen molar-refractivity contribution in [3.8, 4) is 11.4 Å². The molecule has 3 aromatic rings. The third-order valence-electron chi connectivity index (χ3n) is 3.71. The number of halogens is 1. The van der Waals surface area contributed by atoms with Crippen LogP contribution in [0.4, 0.5) is 10.1 Å². The van der Waals surface area contributed by atoms with Crippen molar-refractivity contribution in [2.75, 3.05) is 5.32 Å². The van der Waals surface area contributed by atoms with Gasteiger partial charge in [-0.3, -0.25) is 9.89 Å². The van der Waals surface area contributed by atoms with Crippen molar-refractivity contribution in [1.82, 2.24) is 19.9 Å². The van der Waals surface area contributed by atoms with E-state index in [0.29, 0.717) is 11.5 Å². The van der Waals surface area contributed by atoms with E-state index < -0.39 is 21.7 Å². The number of sulfonamides is 1. The molecule has 0 saturated carbocycles. The summed E-state index contributed by atoms with van der Waals surface area (Å²) in [6.07, 6.45) is 1.38. The standard InChI is InChI=1S/C18H18FN5O3S/c1-11(2)24-28(26,27)14-7-8-16(19)15(9-14)18(25)22-13-5-3-12(4-6-13)17-20-10-21-23-17/h3-11,24H,1-2H3,(H,22,25)(H,20,21,23). The number of carbonyl (C=O) groups is 1. The number of benzene rings is 2. The lowest BCUT2D eigenvalue weighted by molar-refractivity contribution is 0.102. The van der Waals surface area contributed by atoms with Gasteiger partial charge >= 0.3 is 0 Å². The Balaban J connectivity index is 1.81. The SMILES string of the molecule is CC(C)NS(=O)(=O)c1ccc(F)c(C(=O)Nc2ccc(-c3ncn[nH]3)cc2)c1. The zero-order valence-electron chi connectivity index (χ0n) is 15.1. The number of hydrogen-bond donors (Lipinski definition) is 3. The Morgan fingerprint density at radius 1 is 1.14 bits per heavy atom. The van der Waals surface area contributed by atoms with Gasteiger partial charge in [0.2, 0.25) is 10.0 Å². The molecule has 1 amide bonds. The van der Waals surface area contributed by atoms with Gasteiger partial charge < -0.3 is 5.32 Å². The average Bonchev–Trinajstić information content (AvgIpc) is 3.16.